The molecule has 0 bridgehead atoms. The number of rotatable bonds is 6. The van der Waals surface area contributed by atoms with Crippen molar-refractivity contribution in [3.05, 3.63) is 200 Å². The lowest BCUT2D eigenvalue weighted by atomic mass is 9.98. The lowest BCUT2D eigenvalue weighted by Gasteiger charge is -2.27. The average Bonchev–Trinajstić information content (AvgIpc) is 3.83. The Morgan fingerprint density at radius 3 is 1.84 bits per heavy atom. The van der Waals surface area contributed by atoms with E-state index < -0.39 is 0 Å². The highest BCUT2D eigenvalue weighted by molar-refractivity contribution is 7.26. The van der Waals surface area contributed by atoms with Crippen molar-refractivity contribution in [3.8, 4) is 33.4 Å². The molecule has 11 aromatic rings. The molecule has 2 aromatic heterocycles. The van der Waals surface area contributed by atoms with Gasteiger partial charge in [-0.2, -0.15) is 0 Å². The van der Waals surface area contributed by atoms with Crippen molar-refractivity contribution in [2.75, 3.05) is 4.90 Å². The van der Waals surface area contributed by atoms with Gasteiger partial charge in [-0.1, -0.05) is 158 Å². The number of thiophene rings is 1. The van der Waals surface area contributed by atoms with Crippen LogP contribution < -0.4 is 4.90 Å². The standard InChI is InChI=1S/C52H33NOS/c1-4-13-34(14-5-1)39-24-27-46-49(32-39)55-52-43(37-18-8-3-9-19-37)29-30-47(50(46)52)53(40-25-23-35-15-10-11-20-38(35)31-40)41-26-28-44-45-22-12-21-42(36-16-6-2-7-17-36)51(45)54-48(44)33-41/h1-33H. The van der Waals surface area contributed by atoms with Crippen LogP contribution in [0.25, 0.3) is 86.3 Å². The normalized spacial score (nSPS) is 11.6. The van der Waals surface area contributed by atoms with Crippen molar-refractivity contribution in [2.24, 2.45) is 0 Å². The van der Waals surface area contributed by atoms with E-state index in [0.717, 1.165) is 50.1 Å². The Balaban J connectivity index is 1.18. The first-order valence-corrected chi connectivity index (χ1v) is 19.5. The summed E-state index contributed by atoms with van der Waals surface area (Å²) >= 11 is 1.88. The molecular formula is C52H33NOS. The van der Waals surface area contributed by atoms with Crippen LogP contribution in [0.5, 0.6) is 0 Å². The minimum atomic E-state index is 0.862. The molecule has 0 saturated carbocycles. The summed E-state index contributed by atoms with van der Waals surface area (Å²) in [5, 5.41) is 7.12. The third-order valence-electron chi connectivity index (χ3n) is 10.8. The number of nitrogens with zero attached hydrogens (tertiary/aromatic N) is 1. The second-order valence-electron chi connectivity index (χ2n) is 14.1. The zero-order chi connectivity index (χ0) is 36.3. The van der Waals surface area contributed by atoms with Gasteiger partial charge in [0.2, 0.25) is 0 Å². The molecule has 0 radical (unpaired) electrons. The fourth-order valence-electron chi connectivity index (χ4n) is 8.22. The topological polar surface area (TPSA) is 16.4 Å². The molecule has 0 unspecified atom stereocenters. The van der Waals surface area contributed by atoms with Gasteiger partial charge in [0.15, 0.2) is 0 Å². The maximum Gasteiger partial charge on any atom is 0.143 e. The van der Waals surface area contributed by atoms with Gasteiger partial charge in [-0.3, -0.25) is 0 Å². The number of benzene rings is 9. The SMILES string of the molecule is c1ccc(-c2ccc3c(c2)sc2c(-c4ccccc4)ccc(N(c4ccc5ccccc5c4)c4ccc5c(c4)oc4c(-c6ccccc6)cccc45)c23)cc1. The molecule has 0 saturated heterocycles. The van der Waals surface area contributed by atoms with Crippen LogP contribution in [-0.2, 0) is 0 Å². The Morgan fingerprint density at radius 2 is 1.05 bits per heavy atom. The third-order valence-corrected chi connectivity index (χ3v) is 12.0. The molecule has 2 heterocycles. The third kappa shape index (κ3) is 5.32. The molecule has 0 aliphatic carbocycles. The second kappa shape index (κ2) is 12.9. The molecule has 0 aliphatic rings. The van der Waals surface area contributed by atoms with Crippen molar-refractivity contribution in [1.29, 1.82) is 0 Å². The quantitative estimate of drug-likeness (QED) is 0.170. The van der Waals surface area contributed by atoms with E-state index in [1.807, 2.05) is 11.3 Å². The Morgan fingerprint density at radius 1 is 0.400 bits per heavy atom. The fraction of sp³-hybridized carbons (Fsp3) is 0. The Bertz CT molecular complexity index is 3200. The summed E-state index contributed by atoms with van der Waals surface area (Å²) in [5.74, 6) is 0. The zero-order valence-electron chi connectivity index (χ0n) is 29.8. The van der Waals surface area contributed by atoms with Crippen molar-refractivity contribution in [3.63, 3.8) is 0 Å². The van der Waals surface area contributed by atoms with Gasteiger partial charge in [-0.05, 0) is 75.0 Å². The first-order chi connectivity index (χ1) is 27.3. The number of hydrogen-bond donors (Lipinski definition) is 0. The molecule has 0 fully saturated rings. The van der Waals surface area contributed by atoms with E-state index in [1.54, 1.807) is 0 Å². The van der Waals surface area contributed by atoms with E-state index in [4.69, 9.17) is 4.42 Å². The molecule has 0 atom stereocenters. The van der Waals surface area contributed by atoms with Crippen molar-refractivity contribution in [1.82, 2.24) is 0 Å². The van der Waals surface area contributed by atoms with Gasteiger partial charge in [-0.15, -0.1) is 11.3 Å². The molecular weight excluding hydrogens is 687 g/mol. The van der Waals surface area contributed by atoms with Gasteiger partial charge in [0.1, 0.15) is 11.2 Å². The van der Waals surface area contributed by atoms with E-state index in [9.17, 15) is 0 Å². The van der Waals surface area contributed by atoms with E-state index in [1.165, 1.54) is 53.2 Å². The fourth-order valence-corrected chi connectivity index (χ4v) is 9.52. The first kappa shape index (κ1) is 31.6. The van der Waals surface area contributed by atoms with E-state index in [2.05, 4.69) is 205 Å². The molecule has 11 rings (SSSR count). The van der Waals surface area contributed by atoms with Crippen LogP contribution in [-0.4, -0.2) is 0 Å². The smallest absolute Gasteiger partial charge is 0.143 e. The van der Waals surface area contributed by atoms with Gasteiger partial charge >= 0.3 is 0 Å². The summed E-state index contributed by atoms with van der Waals surface area (Å²) < 4.78 is 9.36. The zero-order valence-corrected chi connectivity index (χ0v) is 30.6. The van der Waals surface area contributed by atoms with Crippen molar-refractivity contribution < 1.29 is 4.42 Å². The largest absolute Gasteiger partial charge is 0.455 e. The summed E-state index contributed by atoms with van der Waals surface area (Å²) in [6.07, 6.45) is 0. The summed E-state index contributed by atoms with van der Waals surface area (Å²) in [6.45, 7) is 0. The molecule has 0 spiro atoms. The lowest BCUT2D eigenvalue weighted by Crippen LogP contribution is -2.10. The Labute approximate surface area is 322 Å². The Hall–Kier alpha value is -6.94. The highest BCUT2D eigenvalue weighted by Crippen LogP contribution is 2.50. The highest BCUT2D eigenvalue weighted by atomic mass is 32.1. The number of hydrogen-bond acceptors (Lipinski definition) is 3. The molecule has 2 nitrogen and oxygen atoms in total. The summed E-state index contributed by atoms with van der Waals surface area (Å²) in [6, 6.07) is 72.1. The Kier molecular flexibility index (Phi) is 7.39. The minimum absolute atomic E-state index is 0.862. The van der Waals surface area contributed by atoms with Crippen LogP contribution >= 0.6 is 11.3 Å². The van der Waals surface area contributed by atoms with E-state index in [0.29, 0.717) is 0 Å². The van der Waals surface area contributed by atoms with Crippen LogP contribution in [0.15, 0.2) is 205 Å². The monoisotopic (exact) mass is 719 g/mol. The van der Waals surface area contributed by atoms with Crippen molar-refractivity contribution >= 4 is 81.3 Å². The van der Waals surface area contributed by atoms with Gasteiger partial charge in [0, 0.05) is 53.9 Å². The first-order valence-electron chi connectivity index (χ1n) is 18.7. The predicted octanol–water partition coefficient (Wildman–Crippen LogP) is 15.6. The summed E-state index contributed by atoms with van der Waals surface area (Å²) in [4.78, 5) is 2.42. The van der Waals surface area contributed by atoms with Gasteiger partial charge in [-0.25, -0.2) is 0 Å². The van der Waals surface area contributed by atoms with Gasteiger partial charge < -0.3 is 9.32 Å². The lowest BCUT2D eigenvalue weighted by molar-refractivity contribution is 0.670. The molecule has 9 aromatic carbocycles. The molecule has 3 heteroatoms. The van der Waals surface area contributed by atoms with Gasteiger partial charge in [0.05, 0.1) is 5.69 Å². The number of furan rings is 1. The van der Waals surface area contributed by atoms with Gasteiger partial charge in [0.25, 0.3) is 0 Å². The molecule has 0 N–H and O–H groups in total. The molecule has 55 heavy (non-hydrogen) atoms. The van der Waals surface area contributed by atoms with Crippen LogP contribution in [0, 0.1) is 0 Å². The van der Waals surface area contributed by atoms with Crippen LogP contribution in [0.1, 0.15) is 0 Å². The van der Waals surface area contributed by atoms with Crippen molar-refractivity contribution in [2.45, 2.75) is 0 Å². The predicted molar refractivity (Wildman–Crippen MR) is 235 cm³/mol. The highest BCUT2D eigenvalue weighted by Gasteiger charge is 2.23. The molecule has 0 aliphatic heterocycles. The summed E-state index contributed by atoms with van der Waals surface area (Å²) in [7, 11) is 0. The number of anilines is 3. The van der Waals surface area contributed by atoms with E-state index >= 15 is 0 Å². The van der Waals surface area contributed by atoms with Crippen LogP contribution in [0.4, 0.5) is 17.1 Å². The van der Waals surface area contributed by atoms with E-state index in [-0.39, 0.29) is 0 Å². The molecule has 0 amide bonds. The molecule has 258 valence electrons. The maximum atomic E-state index is 6.82. The number of para-hydroxylation sites is 1. The number of fused-ring (bicyclic) bond motifs is 7. The average molecular weight is 720 g/mol. The second-order valence-corrected chi connectivity index (χ2v) is 15.1. The maximum absolute atomic E-state index is 6.82. The van der Waals surface area contributed by atoms with Crippen LogP contribution in [0.2, 0.25) is 0 Å². The van der Waals surface area contributed by atoms with Crippen LogP contribution in [0.3, 0.4) is 0 Å². The minimum Gasteiger partial charge on any atom is -0.455 e. The summed E-state index contributed by atoms with van der Waals surface area (Å²) in [5.41, 5.74) is 12.2.